The Hall–Kier alpha value is -2.68. The highest BCUT2D eigenvalue weighted by molar-refractivity contribution is 7.13. The number of nitrogens with one attached hydrogen (secondary N) is 1. The number of hydrogen-bond donors (Lipinski definition) is 1. The van der Waals surface area contributed by atoms with Crippen molar-refractivity contribution in [1.29, 1.82) is 0 Å². The molecule has 1 amide bonds. The Bertz CT molecular complexity index is 993. The molecular formula is C16H14F2N4O2S. The number of carbonyl (C=O) groups excluding carboxylic acids is 1. The van der Waals surface area contributed by atoms with Crippen molar-refractivity contribution in [2.24, 2.45) is 0 Å². The van der Waals surface area contributed by atoms with E-state index in [1.165, 1.54) is 0 Å². The zero-order valence-corrected chi connectivity index (χ0v) is 14.2. The Kier molecular flexibility index (Phi) is 4.34. The third-order valence-corrected chi connectivity index (χ3v) is 4.41. The molecule has 1 aromatic carbocycles. The van der Waals surface area contributed by atoms with Crippen molar-refractivity contribution in [3.05, 3.63) is 57.8 Å². The molecule has 25 heavy (non-hydrogen) atoms. The van der Waals surface area contributed by atoms with Crippen LogP contribution in [0.2, 0.25) is 0 Å². The third kappa shape index (κ3) is 3.41. The molecule has 0 bridgehead atoms. The fraction of sp³-hybridized carbons (Fsp3) is 0.250. The molecule has 0 fully saturated rings. The van der Waals surface area contributed by atoms with Crippen LogP contribution in [0.1, 0.15) is 24.0 Å². The first-order chi connectivity index (χ1) is 11.8. The lowest BCUT2D eigenvalue weighted by molar-refractivity contribution is -0.116. The van der Waals surface area contributed by atoms with Crippen LogP contribution < -0.4 is 11.0 Å². The third-order valence-electron chi connectivity index (χ3n) is 3.50. The number of alkyl halides is 2. The summed E-state index contributed by atoms with van der Waals surface area (Å²) < 4.78 is 32.5. The second-order valence-corrected chi connectivity index (χ2v) is 6.38. The van der Waals surface area contributed by atoms with E-state index in [2.05, 4.69) is 14.8 Å². The van der Waals surface area contributed by atoms with Crippen molar-refractivity contribution in [3.8, 4) is 0 Å². The average Bonchev–Trinajstić information content (AvgIpc) is 2.91. The van der Waals surface area contributed by atoms with Crippen LogP contribution in [0.25, 0.3) is 10.2 Å². The summed E-state index contributed by atoms with van der Waals surface area (Å²) in [6, 6.07) is 8.77. The SMILES string of the molecule is Cc1nsc2c(=O)n(NC(=O)Cc3ccccc3)c(C(C)(F)F)nc12. The molecule has 130 valence electrons. The number of benzene rings is 1. The Labute approximate surface area is 145 Å². The second kappa shape index (κ2) is 6.32. The summed E-state index contributed by atoms with van der Waals surface area (Å²) in [4.78, 5) is 28.6. The predicted octanol–water partition coefficient (Wildman–Crippen LogP) is 2.59. The highest BCUT2D eigenvalue weighted by atomic mass is 32.1. The van der Waals surface area contributed by atoms with Gasteiger partial charge in [0.1, 0.15) is 10.2 Å². The minimum absolute atomic E-state index is 0.0538. The molecule has 6 nitrogen and oxygen atoms in total. The monoisotopic (exact) mass is 364 g/mol. The number of fused-ring (bicyclic) bond motifs is 1. The van der Waals surface area contributed by atoms with E-state index >= 15 is 0 Å². The van der Waals surface area contributed by atoms with E-state index in [0.717, 1.165) is 11.5 Å². The zero-order chi connectivity index (χ0) is 18.2. The van der Waals surface area contributed by atoms with Gasteiger partial charge in [0, 0.05) is 6.92 Å². The molecule has 1 N–H and O–H groups in total. The number of nitrogens with zero attached hydrogens (tertiary/aromatic N) is 3. The van der Waals surface area contributed by atoms with Gasteiger partial charge >= 0.3 is 5.92 Å². The van der Waals surface area contributed by atoms with Crippen LogP contribution in [0.15, 0.2) is 35.1 Å². The lowest BCUT2D eigenvalue weighted by Gasteiger charge is -2.17. The lowest BCUT2D eigenvalue weighted by Crippen LogP contribution is -2.39. The molecule has 3 rings (SSSR count). The predicted molar refractivity (Wildman–Crippen MR) is 90.5 cm³/mol. The molecule has 0 radical (unpaired) electrons. The van der Waals surface area contributed by atoms with E-state index in [1.54, 1.807) is 37.3 Å². The first-order valence-corrected chi connectivity index (χ1v) is 8.16. The van der Waals surface area contributed by atoms with E-state index in [9.17, 15) is 18.4 Å². The Morgan fingerprint density at radius 3 is 2.64 bits per heavy atom. The van der Waals surface area contributed by atoms with Crippen molar-refractivity contribution in [1.82, 2.24) is 14.0 Å². The van der Waals surface area contributed by atoms with Crippen LogP contribution in [-0.2, 0) is 17.1 Å². The molecule has 0 spiro atoms. The molecule has 2 heterocycles. The fourth-order valence-corrected chi connectivity index (χ4v) is 3.10. The van der Waals surface area contributed by atoms with E-state index in [4.69, 9.17) is 0 Å². The summed E-state index contributed by atoms with van der Waals surface area (Å²) in [5.74, 6) is -4.84. The van der Waals surface area contributed by atoms with Crippen molar-refractivity contribution < 1.29 is 13.6 Å². The van der Waals surface area contributed by atoms with Gasteiger partial charge in [0.05, 0.1) is 12.1 Å². The molecule has 0 aliphatic rings. The fourth-order valence-electron chi connectivity index (χ4n) is 2.33. The summed E-state index contributed by atoms with van der Waals surface area (Å²) in [6.07, 6.45) is -0.0538. The van der Waals surface area contributed by atoms with Crippen LogP contribution in [0, 0.1) is 6.92 Å². The van der Waals surface area contributed by atoms with E-state index < -0.39 is 23.2 Å². The number of halogens is 2. The first-order valence-electron chi connectivity index (χ1n) is 7.38. The van der Waals surface area contributed by atoms with Gasteiger partial charge in [0.2, 0.25) is 11.7 Å². The topological polar surface area (TPSA) is 76.9 Å². The van der Waals surface area contributed by atoms with Gasteiger partial charge in [-0.05, 0) is 24.0 Å². The Morgan fingerprint density at radius 1 is 1.32 bits per heavy atom. The van der Waals surface area contributed by atoms with Crippen molar-refractivity contribution in [3.63, 3.8) is 0 Å². The van der Waals surface area contributed by atoms with Gasteiger partial charge in [-0.15, -0.1) is 0 Å². The summed E-state index contributed by atoms with van der Waals surface area (Å²) in [5.41, 5.74) is 2.68. The highest BCUT2D eigenvalue weighted by Crippen LogP contribution is 2.26. The van der Waals surface area contributed by atoms with E-state index in [-0.39, 0.29) is 16.6 Å². The summed E-state index contributed by atoms with van der Waals surface area (Å²) >= 11 is 0.863. The minimum atomic E-state index is -3.41. The molecule has 0 atom stereocenters. The smallest absolute Gasteiger partial charge is 0.273 e. The van der Waals surface area contributed by atoms with Gasteiger partial charge in [-0.1, -0.05) is 30.3 Å². The van der Waals surface area contributed by atoms with Gasteiger partial charge in [-0.3, -0.25) is 15.0 Å². The first kappa shape index (κ1) is 17.2. The van der Waals surface area contributed by atoms with Gasteiger partial charge < -0.3 is 0 Å². The molecule has 0 aliphatic carbocycles. The summed E-state index contributed by atoms with van der Waals surface area (Å²) in [6.45, 7) is 2.21. The number of aryl methyl sites for hydroxylation is 1. The largest absolute Gasteiger partial charge is 0.303 e. The molecule has 0 saturated carbocycles. The molecule has 9 heteroatoms. The second-order valence-electron chi connectivity index (χ2n) is 5.61. The van der Waals surface area contributed by atoms with Crippen molar-refractivity contribution in [2.45, 2.75) is 26.2 Å². The van der Waals surface area contributed by atoms with E-state index in [0.29, 0.717) is 22.9 Å². The van der Waals surface area contributed by atoms with Gasteiger partial charge in [0.25, 0.3) is 5.56 Å². The molecule has 3 aromatic rings. The van der Waals surface area contributed by atoms with Crippen LogP contribution >= 0.6 is 11.5 Å². The molecule has 0 unspecified atom stereocenters. The zero-order valence-electron chi connectivity index (χ0n) is 13.4. The number of carbonyl (C=O) groups is 1. The normalized spacial score (nSPS) is 11.7. The Morgan fingerprint density at radius 2 is 2.00 bits per heavy atom. The van der Waals surface area contributed by atoms with Crippen molar-refractivity contribution in [2.75, 3.05) is 5.43 Å². The van der Waals surface area contributed by atoms with Crippen molar-refractivity contribution >= 4 is 27.7 Å². The Balaban J connectivity index is 2.04. The maximum absolute atomic E-state index is 13.9. The van der Waals surface area contributed by atoms with E-state index in [1.807, 2.05) is 0 Å². The number of hydrogen-bond acceptors (Lipinski definition) is 5. The maximum atomic E-state index is 13.9. The van der Waals surface area contributed by atoms with Crippen LogP contribution in [-0.4, -0.2) is 19.9 Å². The lowest BCUT2D eigenvalue weighted by atomic mass is 10.1. The molecule has 0 aliphatic heterocycles. The summed E-state index contributed by atoms with van der Waals surface area (Å²) in [7, 11) is 0. The molecule has 0 saturated heterocycles. The van der Waals surface area contributed by atoms with Gasteiger partial charge in [-0.25, -0.2) is 4.98 Å². The quantitative estimate of drug-likeness (QED) is 0.772. The van der Waals surface area contributed by atoms with Crippen LogP contribution in [0.5, 0.6) is 0 Å². The van der Waals surface area contributed by atoms with Crippen LogP contribution in [0.3, 0.4) is 0 Å². The maximum Gasteiger partial charge on any atom is 0.303 e. The molecule has 2 aromatic heterocycles. The number of amides is 1. The van der Waals surface area contributed by atoms with Gasteiger partial charge in [0.15, 0.2) is 0 Å². The number of aromatic nitrogens is 3. The highest BCUT2D eigenvalue weighted by Gasteiger charge is 2.33. The average molecular weight is 364 g/mol. The minimum Gasteiger partial charge on any atom is -0.273 e. The van der Waals surface area contributed by atoms with Crippen LogP contribution in [0.4, 0.5) is 8.78 Å². The standard InChI is InChI=1S/C16H14F2N4O2S/c1-9-12-13(25-21-9)14(24)22(15(19-12)16(2,17)18)20-11(23)8-10-6-4-3-5-7-10/h3-7H,8H2,1-2H3,(H,20,23). The molecular weight excluding hydrogens is 350 g/mol. The summed E-state index contributed by atoms with van der Waals surface area (Å²) in [5, 5.41) is 0. The number of rotatable bonds is 4. The van der Waals surface area contributed by atoms with Gasteiger partial charge in [-0.2, -0.15) is 17.8 Å².